The van der Waals surface area contributed by atoms with E-state index in [2.05, 4.69) is 21.1 Å². The lowest BCUT2D eigenvalue weighted by Crippen LogP contribution is -2.29. The third kappa shape index (κ3) is 3.14. The van der Waals surface area contributed by atoms with Crippen LogP contribution in [-0.2, 0) is 0 Å². The summed E-state index contributed by atoms with van der Waals surface area (Å²) in [5.74, 6) is 1.15. The Labute approximate surface area is 185 Å². The largest absolute Gasteiger partial charge is 0.494 e. The highest BCUT2D eigenvalue weighted by molar-refractivity contribution is 9.10. The maximum Gasteiger partial charge on any atom is 0.296 e. The quantitative estimate of drug-likeness (QED) is 0.408. The minimum Gasteiger partial charge on any atom is -0.494 e. The molecule has 8 heteroatoms. The van der Waals surface area contributed by atoms with Crippen LogP contribution in [0.1, 0.15) is 40.4 Å². The van der Waals surface area contributed by atoms with Gasteiger partial charge in [-0.1, -0.05) is 33.2 Å². The van der Waals surface area contributed by atoms with Crippen LogP contribution in [0.4, 0.5) is 5.82 Å². The molecule has 0 saturated heterocycles. The van der Waals surface area contributed by atoms with Crippen LogP contribution in [0.15, 0.2) is 66.7 Å². The van der Waals surface area contributed by atoms with Gasteiger partial charge < -0.3 is 13.7 Å². The Morgan fingerprint density at radius 2 is 1.90 bits per heavy atom. The summed E-state index contributed by atoms with van der Waals surface area (Å²) in [5.41, 5.74) is 1.11. The Kier molecular flexibility index (Phi) is 4.66. The number of carbonyl (C=O) groups is 1. The van der Waals surface area contributed by atoms with Gasteiger partial charge in [-0.15, -0.1) is 0 Å². The Balaban J connectivity index is 1.76. The number of hydrogen-bond acceptors (Lipinski definition) is 6. The zero-order chi connectivity index (χ0) is 21.7. The summed E-state index contributed by atoms with van der Waals surface area (Å²) >= 11 is 3.40. The maximum absolute atomic E-state index is 13.5. The second kappa shape index (κ2) is 7.39. The molecule has 156 valence electrons. The van der Waals surface area contributed by atoms with Crippen molar-refractivity contribution in [2.24, 2.45) is 0 Å². The number of hydrogen-bond donors (Lipinski definition) is 0. The van der Waals surface area contributed by atoms with E-state index in [0.29, 0.717) is 34.9 Å². The van der Waals surface area contributed by atoms with Crippen molar-refractivity contribution in [2.75, 3.05) is 11.5 Å². The van der Waals surface area contributed by atoms with Crippen LogP contribution in [0.5, 0.6) is 5.75 Å². The number of aryl methyl sites for hydroxylation is 1. The molecule has 2 aromatic heterocycles. The Morgan fingerprint density at radius 1 is 1.13 bits per heavy atom. The zero-order valence-electron chi connectivity index (χ0n) is 16.7. The molecule has 1 amide bonds. The number of carbonyl (C=O) groups excluding carboxylic acids is 1. The van der Waals surface area contributed by atoms with E-state index in [4.69, 9.17) is 13.7 Å². The summed E-state index contributed by atoms with van der Waals surface area (Å²) < 4.78 is 17.4. The first-order valence-electron chi connectivity index (χ1n) is 9.74. The first kappa shape index (κ1) is 19.6. The van der Waals surface area contributed by atoms with E-state index >= 15 is 0 Å². The first-order chi connectivity index (χ1) is 15.0. The fourth-order valence-electron chi connectivity index (χ4n) is 3.88. The summed E-state index contributed by atoms with van der Waals surface area (Å²) in [6, 6.07) is 13.4. The predicted octanol–water partition coefficient (Wildman–Crippen LogP) is 5.00. The summed E-state index contributed by atoms with van der Waals surface area (Å²) in [6.07, 6.45) is 0. The number of anilines is 1. The van der Waals surface area contributed by atoms with Crippen LogP contribution in [0.3, 0.4) is 0 Å². The van der Waals surface area contributed by atoms with Crippen molar-refractivity contribution in [3.63, 3.8) is 0 Å². The summed E-state index contributed by atoms with van der Waals surface area (Å²) in [5, 5.41) is 4.42. The van der Waals surface area contributed by atoms with Gasteiger partial charge >= 0.3 is 0 Å². The average molecular weight is 481 g/mol. The molecule has 2 aromatic carbocycles. The van der Waals surface area contributed by atoms with Crippen LogP contribution in [0, 0.1) is 6.92 Å². The van der Waals surface area contributed by atoms with Gasteiger partial charge in [0.1, 0.15) is 17.1 Å². The third-order valence-electron chi connectivity index (χ3n) is 5.20. The van der Waals surface area contributed by atoms with Gasteiger partial charge in [0.2, 0.25) is 5.76 Å². The van der Waals surface area contributed by atoms with Gasteiger partial charge in [-0.05, 0) is 49.7 Å². The van der Waals surface area contributed by atoms with Crippen molar-refractivity contribution in [3.8, 4) is 5.75 Å². The van der Waals surface area contributed by atoms with Crippen LogP contribution >= 0.6 is 15.9 Å². The molecule has 0 spiro atoms. The van der Waals surface area contributed by atoms with Crippen molar-refractivity contribution in [3.05, 3.63) is 85.9 Å². The van der Waals surface area contributed by atoms with Crippen molar-refractivity contribution in [1.29, 1.82) is 0 Å². The summed E-state index contributed by atoms with van der Waals surface area (Å²) in [7, 11) is 0. The molecule has 0 radical (unpaired) electrons. The fourth-order valence-corrected chi connectivity index (χ4v) is 4.24. The second-order valence-corrected chi connectivity index (χ2v) is 8.11. The van der Waals surface area contributed by atoms with Gasteiger partial charge in [-0.2, -0.15) is 0 Å². The maximum atomic E-state index is 13.5. The molecule has 5 rings (SSSR count). The van der Waals surface area contributed by atoms with E-state index in [-0.39, 0.29) is 16.8 Å². The van der Waals surface area contributed by atoms with E-state index in [1.807, 2.05) is 31.2 Å². The molecular weight excluding hydrogens is 464 g/mol. The molecule has 0 fully saturated rings. The molecule has 1 aliphatic heterocycles. The molecule has 1 aliphatic rings. The number of rotatable bonds is 4. The van der Waals surface area contributed by atoms with Crippen molar-refractivity contribution in [1.82, 2.24) is 5.16 Å². The molecule has 1 unspecified atom stereocenters. The van der Waals surface area contributed by atoms with E-state index in [1.54, 1.807) is 31.2 Å². The SMILES string of the molecule is CCOc1ccc(C2c3c(oc4ccc(Br)cc4c3=O)C(=O)N2c2cc(C)on2)cc1. The lowest BCUT2D eigenvalue weighted by Gasteiger charge is -2.22. The van der Waals surface area contributed by atoms with Crippen LogP contribution < -0.4 is 15.1 Å². The Bertz CT molecular complexity index is 1370. The van der Waals surface area contributed by atoms with E-state index < -0.39 is 11.9 Å². The standard InChI is InChI=1S/C23H17BrN2O5/c1-3-29-15-7-4-13(5-8-15)20-19-21(27)16-11-14(24)6-9-17(16)30-22(19)23(28)26(20)18-10-12(2)31-25-18/h4-11,20H,3H2,1-2H3. The van der Waals surface area contributed by atoms with Gasteiger partial charge in [0.05, 0.1) is 23.6 Å². The van der Waals surface area contributed by atoms with Crippen LogP contribution in [-0.4, -0.2) is 17.7 Å². The Morgan fingerprint density at radius 3 is 2.58 bits per heavy atom. The molecule has 1 atom stereocenters. The van der Waals surface area contributed by atoms with Gasteiger partial charge in [0, 0.05) is 10.5 Å². The van der Waals surface area contributed by atoms with E-state index in [9.17, 15) is 9.59 Å². The van der Waals surface area contributed by atoms with Gasteiger partial charge in [-0.25, -0.2) is 0 Å². The highest BCUT2D eigenvalue weighted by atomic mass is 79.9. The fraction of sp³-hybridized carbons (Fsp3) is 0.174. The predicted molar refractivity (Wildman–Crippen MR) is 118 cm³/mol. The smallest absolute Gasteiger partial charge is 0.296 e. The number of benzene rings is 2. The summed E-state index contributed by atoms with van der Waals surface area (Å²) in [6.45, 7) is 4.19. The van der Waals surface area contributed by atoms with Gasteiger partial charge in [-0.3, -0.25) is 14.5 Å². The number of amides is 1. The van der Waals surface area contributed by atoms with Crippen molar-refractivity contribution >= 4 is 38.6 Å². The third-order valence-corrected chi connectivity index (χ3v) is 5.69. The van der Waals surface area contributed by atoms with Crippen molar-refractivity contribution < 1.29 is 18.5 Å². The second-order valence-electron chi connectivity index (χ2n) is 7.19. The highest BCUT2D eigenvalue weighted by Gasteiger charge is 2.44. The minimum absolute atomic E-state index is 0.0133. The van der Waals surface area contributed by atoms with Crippen molar-refractivity contribution in [2.45, 2.75) is 19.9 Å². The number of aromatic nitrogens is 1. The number of halogens is 1. The number of ether oxygens (including phenoxy) is 1. The van der Waals surface area contributed by atoms with Crippen LogP contribution in [0.25, 0.3) is 11.0 Å². The lowest BCUT2D eigenvalue weighted by molar-refractivity contribution is 0.0969. The lowest BCUT2D eigenvalue weighted by atomic mass is 9.98. The molecular formula is C23H17BrN2O5. The van der Waals surface area contributed by atoms with E-state index in [0.717, 1.165) is 10.0 Å². The monoisotopic (exact) mass is 480 g/mol. The minimum atomic E-state index is -0.706. The average Bonchev–Trinajstić information content (AvgIpc) is 3.31. The zero-order valence-corrected chi connectivity index (χ0v) is 18.3. The molecule has 0 bridgehead atoms. The van der Waals surface area contributed by atoms with Gasteiger partial charge in [0.15, 0.2) is 11.2 Å². The molecule has 31 heavy (non-hydrogen) atoms. The molecule has 0 aliphatic carbocycles. The molecule has 0 N–H and O–H groups in total. The topological polar surface area (TPSA) is 85.8 Å². The normalized spacial score (nSPS) is 15.5. The molecule has 7 nitrogen and oxygen atoms in total. The van der Waals surface area contributed by atoms with E-state index in [1.165, 1.54) is 4.90 Å². The molecule has 3 heterocycles. The summed E-state index contributed by atoms with van der Waals surface area (Å²) in [4.78, 5) is 28.4. The highest BCUT2D eigenvalue weighted by Crippen LogP contribution is 2.41. The van der Waals surface area contributed by atoms with Crippen LogP contribution in [0.2, 0.25) is 0 Å². The number of fused-ring (bicyclic) bond motifs is 2. The molecule has 0 saturated carbocycles. The number of nitrogens with zero attached hydrogens (tertiary/aromatic N) is 2. The van der Waals surface area contributed by atoms with Gasteiger partial charge in [0.25, 0.3) is 5.91 Å². The Hall–Kier alpha value is -3.39. The first-order valence-corrected chi connectivity index (χ1v) is 10.5. The molecule has 4 aromatic rings.